The molecule has 0 aromatic rings. The van der Waals surface area contributed by atoms with E-state index >= 15 is 0 Å². The molecule has 13 nitrogen and oxygen atoms in total. The lowest BCUT2D eigenvalue weighted by molar-refractivity contribution is -0.320. The van der Waals surface area contributed by atoms with Crippen LogP contribution in [0.1, 0.15) is 65.2 Å². The molecule has 0 aromatic carbocycles. The summed E-state index contributed by atoms with van der Waals surface area (Å²) in [4.78, 5) is 14.0. The molecule has 13 heteroatoms. The Kier molecular flexibility index (Phi) is 9.00. The number of hydrogen-bond donors (Lipinski definition) is 8. The number of fused-ring (bicyclic) bond motifs is 3. The molecule has 0 amide bonds. The van der Waals surface area contributed by atoms with E-state index in [1.165, 1.54) is 0 Å². The molecule has 2 saturated heterocycles. The second-order valence-electron chi connectivity index (χ2n) is 15.1. The minimum absolute atomic E-state index is 0.0138. The maximum absolute atomic E-state index is 14.0. The first-order valence-electron chi connectivity index (χ1n) is 16.4. The summed E-state index contributed by atoms with van der Waals surface area (Å²) in [6, 6.07) is 0. The molecule has 4 saturated carbocycles. The topological polar surface area (TPSA) is 216 Å². The Morgan fingerprint density at radius 1 is 0.844 bits per heavy atom. The van der Waals surface area contributed by atoms with Gasteiger partial charge < -0.3 is 59.8 Å². The summed E-state index contributed by atoms with van der Waals surface area (Å²) < 4.78 is 23.3. The second kappa shape index (κ2) is 12.0. The van der Waals surface area contributed by atoms with Crippen molar-refractivity contribution in [3.8, 4) is 0 Å². The van der Waals surface area contributed by atoms with Gasteiger partial charge in [-0.2, -0.15) is 0 Å². The molecule has 2 bridgehead atoms. The summed E-state index contributed by atoms with van der Waals surface area (Å²) in [6.07, 6.45) is -8.75. The molecule has 45 heavy (non-hydrogen) atoms. The molecule has 2 aliphatic heterocycles. The van der Waals surface area contributed by atoms with E-state index in [0.717, 1.165) is 44.1 Å². The van der Waals surface area contributed by atoms with E-state index in [2.05, 4.69) is 13.5 Å². The predicted molar refractivity (Wildman–Crippen MR) is 154 cm³/mol. The summed E-state index contributed by atoms with van der Waals surface area (Å²) in [5.41, 5.74) is -0.212. The highest BCUT2D eigenvalue weighted by atomic mass is 16.7. The van der Waals surface area contributed by atoms with Crippen molar-refractivity contribution in [3.05, 3.63) is 12.2 Å². The standard InChI is InChI=1S/C32H50O13/c1-14-10-32-8-5-19-30(2,6-4-7-31(19,3)29(41)45-28-26(40)24(38)22(36)18(13-34)44-28)20(32)9-16(15(14)11-32)42-27-25(39)23(37)21(35)17(12-33)43-27/h15-28,33-40H,1,4-13H2,2-3H3. The first kappa shape index (κ1) is 33.7. The maximum Gasteiger partial charge on any atom is 0.314 e. The van der Waals surface area contributed by atoms with Crippen LogP contribution in [0, 0.1) is 34.0 Å². The molecule has 6 aliphatic rings. The number of carbonyl (C=O) groups is 1. The lowest BCUT2D eigenvalue weighted by Gasteiger charge is -2.64. The smallest absolute Gasteiger partial charge is 0.314 e. The average Bonchev–Trinajstić information content (AvgIpc) is 3.28. The van der Waals surface area contributed by atoms with E-state index in [-0.39, 0.29) is 28.6 Å². The van der Waals surface area contributed by atoms with E-state index in [1.54, 1.807) is 0 Å². The molecule has 0 radical (unpaired) electrons. The predicted octanol–water partition coefficient (Wildman–Crippen LogP) is -0.906. The molecule has 1 spiro atoms. The van der Waals surface area contributed by atoms with Crippen molar-refractivity contribution in [1.82, 2.24) is 0 Å². The van der Waals surface area contributed by atoms with Crippen LogP contribution in [0.4, 0.5) is 0 Å². The fraction of sp³-hybridized carbons (Fsp3) is 0.906. The zero-order valence-electron chi connectivity index (χ0n) is 26.0. The van der Waals surface area contributed by atoms with Crippen LogP contribution in [0.15, 0.2) is 12.2 Å². The van der Waals surface area contributed by atoms with E-state index in [1.807, 2.05) is 6.92 Å². The van der Waals surface area contributed by atoms with Gasteiger partial charge in [0, 0.05) is 5.92 Å². The van der Waals surface area contributed by atoms with Gasteiger partial charge in [-0.3, -0.25) is 4.79 Å². The molecule has 2 heterocycles. The second-order valence-corrected chi connectivity index (χ2v) is 15.1. The van der Waals surface area contributed by atoms with Crippen LogP contribution in [-0.4, -0.2) is 128 Å². The number of ether oxygens (including phenoxy) is 4. The summed E-state index contributed by atoms with van der Waals surface area (Å²) in [5.74, 6) is -0.517. The van der Waals surface area contributed by atoms with Crippen molar-refractivity contribution in [2.24, 2.45) is 34.0 Å². The van der Waals surface area contributed by atoms with Crippen molar-refractivity contribution >= 4 is 5.97 Å². The molecule has 8 N–H and O–H groups in total. The van der Waals surface area contributed by atoms with E-state index in [4.69, 9.17) is 18.9 Å². The maximum atomic E-state index is 14.0. The number of hydrogen-bond acceptors (Lipinski definition) is 13. The number of aliphatic hydroxyl groups excluding tert-OH is 8. The zero-order chi connectivity index (χ0) is 32.6. The van der Waals surface area contributed by atoms with Crippen molar-refractivity contribution < 1.29 is 64.6 Å². The van der Waals surface area contributed by atoms with Crippen molar-refractivity contribution in [2.75, 3.05) is 13.2 Å². The van der Waals surface area contributed by atoms with Gasteiger partial charge in [0.15, 0.2) is 6.29 Å². The number of aliphatic hydroxyl groups is 8. The van der Waals surface area contributed by atoms with Gasteiger partial charge in [0.05, 0.1) is 24.7 Å². The van der Waals surface area contributed by atoms with Gasteiger partial charge in [0.1, 0.15) is 48.8 Å². The lowest BCUT2D eigenvalue weighted by atomic mass is 9.41. The van der Waals surface area contributed by atoms with Gasteiger partial charge >= 0.3 is 5.97 Å². The van der Waals surface area contributed by atoms with Crippen LogP contribution >= 0.6 is 0 Å². The molecule has 256 valence electrons. The van der Waals surface area contributed by atoms with Gasteiger partial charge in [-0.25, -0.2) is 0 Å². The van der Waals surface area contributed by atoms with Crippen LogP contribution in [0.2, 0.25) is 0 Å². The first-order valence-corrected chi connectivity index (χ1v) is 16.4. The van der Waals surface area contributed by atoms with Crippen LogP contribution in [0.3, 0.4) is 0 Å². The highest BCUT2D eigenvalue weighted by Crippen LogP contribution is 2.72. The van der Waals surface area contributed by atoms with Gasteiger partial charge in [-0.1, -0.05) is 25.5 Å². The molecular formula is C32H50O13. The van der Waals surface area contributed by atoms with Gasteiger partial charge in [-0.15, -0.1) is 0 Å². The Hall–Kier alpha value is -1.23. The van der Waals surface area contributed by atoms with Gasteiger partial charge in [0.25, 0.3) is 0 Å². The number of carbonyl (C=O) groups excluding carboxylic acids is 1. The highest BCUT2D eigenvalue weighted by molar-refractivity contribution is 5.77. The number of rotatable bonds is 6. The highest BCUT2D eigenvalue weighted by Gasteiger charge is 2.67. The molecule has 0 aromatic heterocycles. The molecule has 4 aliphatic carbocycles. The zero-order valence-corrected chi connectivity index (χ0v) is 26.0. The molecule has 17 atom stereocenters. The fourth-order valence-electron chi connectivity index (χ4n) is 10.4. The monoisotopic (exact) mass is 642 g/mol. The van der Waals surface area contributed by atoms with Crippen LogP contribution in [-0.2, 0) is 23.7 Å². The van der Waals surface area contributed by atoms with Crippen LogP contribution in [0.5, 0.6) is 0 Å². The van der Waals surface area contributed by atoms with Gasteiger partial charge in [-0.05, 0) is 74.5 Å². The fourth-order valence-corrected chi connectivity index (χ4v) is 10.4. The van der Waals surface area contributed by atoms with E-state index in [9.17, 15) is 45.6 Å². The quantitative estimate of drug-likeness (QED) is 0.100. The largest absolute Gasteiger partial charge is 0.432 e. The first-order chi connectivity index (χ1) is 21.2. The molecular weight excluding hydrogens is 592 g/mol. The summed E-state index contributed by atoms with van der Waals surface area (Å²) in [6.45, 7) is 7.35. The molecule has 6 rings (SSSR count). The third-order valence-electron chi connectivity index (χ3n) is 12.8. The van der Waals surface area contributed by atoms with Crippen molar-refractivity contribution in [3.63, 3.8) is 0 Å². The normalized spacial score (nSPS) is 54.7. The summed E-state index contributed by atoms with van der Waals surface area (Å²) >= 11 is 0. The Balaban J connectivity index is 1.24. The molecule has 17 unspecified atom stereocenters. The summed E-state index contributed by atoms with van der Waals surface area (Å²) in [5, 5.41) is 81.5. The van der Waals surface area contributed by atoms with E-state index in [0.29, 0.717) is 12.8 Å². The Morgan fingerprint density at radius 3 is 2.07 bits per heavy atom. The SMILES string of the molecule is C=C1CC23CCC4C(C)(C(=O)OC5OC(CO)C(O)C(O)C5O)CCCC4(C)C2CC(OC2OC(CO)C(O)C(O)C2O)C1C3. The van der Waals surface area contributed by atoms with Gasteiger partial charge in [0.2, 0.25) is 6.29 Å². The van der Waals surface area contributed by atoms with Crippen LogP contribution < -0.4 is 0 Å². The van der Waals surface area contributed by atoms with Crippen molar-refractivity contribution in [2.45, 2.75) is 133 Å². The summed E-state index contributed by atoms with van der Waals surface area (Å²) in [7, 11) is 0. The van der Waals surface area contributed by atoms with Crippen molar-refractivity contribution in [1.29, 1.82) is 0 Å². The third-order valence-corrected chi connectivity index (χ3v) is 12.8. The Bertz CT molecular complexity index is 1130. The lowest BCUT2D eigenvalue weighted by Crippen LogP contribution is -2.62. The van der Waals surface area contributed by atoms with E-state index < -0.39 is 92.1 Å². The minimum atomic E-state index is -1.68. The Labute approximate surface area is 262 Å². The van der Waals surface area contributed by atoms with Crippen LogP contribution in [0.25, 0.3) is 0 Å². The Morgan fingerprint density at radius 2 is 1.44 bits per heavy atom. The number of esters is 1. The average molecular weight is 643 g/mol. The third kappa shape index (κ3) is 5.21. The minimum Gasteiger partial charge on any atom is -0.432 e. The molecule has 6 fully saturated rings.